The van der Waals surface area contributed by atoms with Crippen molar-refractivity contribution in [1.29, 1.82) is 0 Å². The zero-order valence-corrected chi connectivity index (χ0v) is 16.2. The second kappa shape index (κ2) is 9.84. The maximum atomic E-state index is 12.2. The van der Waals surface area contributed by atoms with Gasteiger partial charge in [-0.3, -0.25) is 4.55 Å². The summed E-state index contributed by atoms with van der Waals surface area (Å²) in [5.41, 5.74) is -0.743. The summed E-state index contributed by atoms with van der Waals surface area (Å²) >= 11 is -2.50. The van der Waals surface area contributed by atoms with E-state index < -0.39 is 77.0 Å². The Labute approximate surface area is 176 Å². The monoisotopic (exact) mass is 459 g/mol. The summed E-state index contributed by atoms with van der Waals surface area (Å²) in [7, 11) is 0. The van der Waals surface area contributed by atoms with Gasteiger partial charge in [0.25, 0.3) is 0 Å². The number of hydrogen-bond acceptors (Lipinski definition) is 11. The molecule has 31 heavy (non-hydrogen) atoms. The summed E-state index contributed by atoms with van der Waals surface area (Å²) in [6.07, 6.45) is -1.34. The predicted octanol–water partition coefficient (Wildman–Crippen LogP) is 0.0289. The number of benzene rings is 2. The number of aromatic hydroxyl groups is 6. The third-order valence-corrected chi connectivity index (χ3v) is 4.13. The van der Waals surface area contributed by atoms with Crippen molar-refractivity contribution in [3.63, 3.8) is 0 Å². The van der Waals surface area contributed by atoms with Gasteiger partial charge in [-0.2, -0.15) is 0 Å². The van der Waals surface area contributed by atoms with Crippen LogP contribution in [0.3, 0.4) is 0 Å². The first-order valence-corrected chi connectivity index (χ1v) is 9.32. The molecule has 0 aliphatic rings. The van der Waals surface area contributed by atoms with Gasteiger partial charge in [0.05, 0.1) is 17.7 Å². The Morgan fingerprint density at radius 2 is 1.26 bits per heavy atom. The summed E-state index contributed by atoms with van der Waals surface area (Å²) in [4.78, 5) is 24.3. The molecule has 0 amide bonds. The lowest BCUT2D eigenvalue weighted by molar-refractivity contribution is 0.000991. The van der Waals surface area contributed by atoms with E-state index in [9.17, 15) is 44.4 Å². The Hall–Kier alpha value is -3.75. The molecule has 0 saturated heterocycles. The van der Waals surface area contributed by atoms with Crippen LogP contribution in [0.5, 0.6) is 34.5 Å². The van der Waals surface area contributed by atoms with Crippen LogP contribution in [0.15, 0.2) is 24.3 Å². The van der Waals surface area contributed by atoms with Crippen molar-refractivity contribution in [3.05, 3.63) is 35.4 Å². The number of esters is 2. The van der Waals surface area contributed by atoms with Crippen molar-refractivity contribution in [3.8, 4) is 34.5 Å². The van der Waals surface area contributed by atoms with Gasteiger partial charge in [0, 0.05) is 0 Å². The maximum Gasteiger partial charge on any atom is 0.338 e. The standard InChI is InChI=1S/C17H17NO12S/c19-10-1-7(2-11(20)14(10)23)16(25)29-6-9(5-18-31(27)28)30-17(26)8-3-12(21)15(24)13(22)4-8/h1-4,9,18-24H,5-6H2,(H,27,28). The summed E-state index contributed by atoms with van der Waals surface area (Å²) in [6, 6.07) is 3.20. The number of rotatable bonds is 8. The van der Waals surface area contributed by atoms with Gasteiger partial charge in [0.1, 0.15) is 12.7 Å². The molecule has 0 aliphatic carbocycles. The molecule has 2 aromatic rings. The molecule has 0 aliphatic heterocycles. The Morgan fingerprint density at radius 1 is 0.839 bits per heavy atom. The predicted molar refractivity (Wildman–Crippen MR) is 101 cm³/mol. The van der Waals surface area contributed by atoms with Gasteiger partial charge >= 0.3 is 11.9 Å². The summed E-state index contributed by atoms with van der Waals surface area (Å²) in [6.45, 7) is -1.13. The first kappa shape index (κ1) is 23.5. The molecule has 0 radical (unpaired) electrons. The van der Waals surface area contributed by atoms with Crippen LogP contribution in [0.2, 0.25) is 0 Å². The van der Waals surface area contributed by atoms with Crippen LogP contribution in [-0.2, 0) is 20.7 Å². The third-order valence-electron chi connectivity index (χ3n) is 3.72. The largest absolute Gasteiger partial charge is 0.504 e. The molecule has 0 bridgehead atoms. The van der Waals surface area contributed by atoms with Gasteiger partial charge < -0.3 is 40.1 Å². The van der Waals surface area contributed by atoms with E-state index in [1.807, 2.05) is 4.72 Å². The van der Waals surface area contributed by atoms with Crippen molar-refractivity contribution >= 4 is 23.2 Å². The van der Waals surface area contributed by atoms with Crippen molar-refractivity contribution in [2.75, 3.05) is 13.2 Å². The molecule has 2 rings (SSSR count). The number of carbonyl (C=O) groups excluding carboxylic acids is 2. The van der Waals surface area contributed by atoms with Gasteiger partial charge in [0.2, 0.25) is 11.3 Å². The molecule has 8 N–H and O–H groups in total. The van der Waals surface area contributed by atoms with Crippen LogP contribution in [-0.4, -0.2) is 70.6 Å². The number of ether oxygens (including phenoxy) is 2. The highest BCUT2D eigenvalue weighted by molar-refractivity contribution is 7.77. The average Bonchev–Trinajstić information content (AvgIpc) is 2.70. The van der Waals surface area contributed by atoms with E-state index in [-0.39, 0.29) is 11.1 Å². The topological polar surface area (TPSA) is 223 Å². The van der Waals surface area contributed by atoms with Gasteiger partial charge in [-0.1, -0.05) is 0 Å². The highest BCUT2D eigenvalue weighted by Gasteiger charge is 2.22. The molecule has 2 unspecified atom stereocenters. The van der Waals surface area contributed by atoms with E-state index >= 15 is 0 Å². The summed E-state index contributed by atoms with van der Waals surface area (Å²) in [5.74, 6) is -7.15. The number of phenolic OH excluding ortho intramolecular Hbond substituents is 6. The lowest BCUT2D eigenvalue weighted by atomic mass is 10.2. The summed E-state index contributed by atoms with van der Waals surface area (Å²) in [5, 5.41) is 56.5. The molecule has 0 saturated carbocycles. The SMILES string of the molecule is O=C(OCC(CNS(=O)O)OC(=O)c1cc(O)c(O)c(O)c1)c1cc(O)c(O)c(O)c1. The number of nitrogens with one attached hydrogen (secondary N) is 1. The molecule has 14 heteroatoms. The smallest absolute Gasteiger partial charge is 0.338 e. The molecule has 0 heterocycles. The average molecular weight is 459 g/mol. The van der Waals surface area contributed by atoms with E-state index in [1.54, 1.807) is 0 Å². The van der Waals surface area contributed by atoms with Gasteiger partial charge in [0.15, 0.2) is 34.5 Å². The minimum atomic E-state index is -2.50. The van der Waals surface area contributed by atoms with Crippen molar-refractivity contribution in [2.24, 2.45) is 0 Å². The van der Waals surface area contributed by atoms with Crippen LogP contribution in [0.25, 0.3) is 0 Å². The fourth-order valence-corrected chi connectivity index (χ4v) is 2.54. The lowest BCUT2D eigenvalue weighted by Crippen LogP contribution is -2.36. The van der Waals surface area contributed by atoms with Crippen LogP contribution >= 0.6 is 0 Å². The Morgan fingerprint density at radius 3 is 1.68 bits per heavy atom. The van der Waals surface area contributed by atoms with E-state index in [2.05, 4.69) is 0 Å². The third kappa shape index (κ3) is 6.11. The molecule has 0 aromatic heterocycles. The fraction of sp³-hybridized carbons (Fsp3) is 0.176. The first-order valence-electron chi connectivity index (χ1n) is 8.22. The minimum absolute atomic E-state index is 0.357. The maximum absolute atomic E-state index is 12.2. The molecule has 2 atom stereocenters. The van der Waals surface area contributed by atoms with Crippen LogP contribution in [0.4, 0.5) is 0 Å². The number of carbonyl (C=O) groups is 2. The van der Waals surface area contributed by atoms with Crippen LogP contribution < -0.4 is 4.72 Å². The zero-order chi connectivity index (χ0) is 23.3. The van der Waals surface area contributed by atoms with Crippen LogP contribution in [0.1, 0.15) is 20.7 Å². The van der Waals surface area contributed by atoms with E-state index in [0.29, 0.717) is 0 Å². The van der Waals surface area contributed by atoms with Gasteiger partial charge in [-0.25, -0.2) is 18.5 Å². The van der Waals surface area contributed by atoms with Gasteiger partial charge in [-0.15, -0.1) is 0 Å². The Balaban J connectivity index is 2.12. The molecule has 13 nitrogen and oxygen atoms in total. The van der Waals surface area contributed by atoms with E-state index in [1.165, 1.54) is 0 Å². The molecular formula is C17H17NO12S. The molecule has 0 fully saturated rings. The Bertz CT molecular complexity index is 978. The van der Waals surface area contributed by atoms with E-state index in [4.69, 9.17) is 14.0 Å². The van der Waals surface area contributed by atoms with Gasteiger partial charge in [-0.05, 0) is 24.3 Å². The fourth-order valence-electron chi connectivity index (χ4n) is 2.21. The first-order chi connectivity index (χ1) is 14.5. The van der Waals surface area contributed by atoms with Crippen molar-refractivity contribution in [1.82, 2.24) is 4.72 Å². The second-order valence-corrected chi connectivity index (χ2v) is 6.74. The van der Waals surface area contributed by atoms with Crippen molar-refractivity contribution < 1.29 is 58.5 Å². The van der Waals surface area contributed by atoms with Crippen LogP contribution in [0, 0.1) is 0 Å². The lowest BCUT2D eigenvalue weighted by Gasteiger charge is -2.18. The molecular weight excluding hydrogens is 442 g/mol. The molecule has 168 valence electrons. The van der Waals surface area contributed by atoms with E-state index in [0.717, 1.165) is 24.3 Å². The number of hydrogen-bond donors (Lipinski definition) is 8. The highest BCUT2D eigenvalue weighted by atomic mass is 32.2. The molecule has 0 spiro atoms. The summed E-state index contributed by atoms with van der Waals surface area (Å²) < 4.78 is 31.6. The quantitative estimate of drug-likeness (QED) is 0.149. The highest BCUT2D eigenvalue weighted by Crippen LogP contribution is 2.36. The second-order valence-electron chi connectivity index (χ2n) is 5.95. The molecule has 2 aromatic carbocycles. The Kier molecular flexibility index (Phi) is 7.47. The number of phenols is 6. The van der Waals surface area contributed by atoms with Crippen molar-refractivity contribution in [2.45, 2.75) is 6.10 Å². The normalized spacial score (nSPS) is 12.7. The zero-order valence-electron chi connectivity index (χ0n) is 15.4. The minimum Gasteiger partial charge on any atom is -0.504 e.